The molecule has 1 amide bonds. The van der Waals surface area contributed by atoms with Crippen molar-refractivity contribution in [1.29, 1.82) is 0 Å². The summed E-state index contributed by atoms with van der Waals surface area (Å²) >= 11 is 0. The van der Waals surface area contributed by atoms with Gasteiger partial charge < -0.3 is 4.74 Å². The average Bonchev–Trinajstić information content (AvgIpc) is 3.24. The number of carbonyl (C=O) groups excluding carboxylic acids is 1. The van der Waals surface area contributed by atoms with Crippen molar-refractivity contribution in [3.63, 3.8) is 0 Å². The summed E-state index contributed by atoms with van der Waals surface area (Å²) in [6.45, 7) is 0. The lowest BCUT2D eigenvalue weighted by molar-refractivity contribution is 0.0950. The predicted molar refractivity (Wildman–Crippen MR) is 110 cm³/mol. The third-order valence-corrected chi connectivity index (χ3v) is 4.44. The topological polar surface area (TPSA) is 79.4 Å². The molecule has 1 heterocycles. The number of hydrogen-bond donors (Lipinski definition) is 2. The van der Waals surface area contributed by atoms with E-state index in [1.807, 2.05) is 36.4 Å². The van der Waals surface area contributed by atoms with Crippen LogP contribution in [0.2, 0.25) is 0 Å². The molecule has 0 fully saturated rings. The molecule has 7 heteroatoms. The van der Waals surface area contributed by atoms with Crippen molar-refractivity contribution >= 4 is 22.9 Å². The molecule has 0 saturated heterocycles. The van der Waals surface area contributed by atoms with E-state index in [1.54, 1.807) is 25.3 Å². The van der Waals surface area contributed by atoms with Gasteiger partial charge in [0.15, 0.2) is 0 Å². The first kappa shape index (κ1) is 18.4. The van der Waals surface area contributed by atoms with E-state index < -0.39 is 5.91 Å². The summed E-state index contributed by atoms with van der Waals surface area (Å²) in [6, 6.07) is 19.1. The molecule has 0 bridgehead atoms. The molecule has 0 spiro atoms. The molecule has 29 heavy (non-hydrogen) atoms. The molecule has 2 N–H and O–H groups in total. The second-order valence-corrected chi connectivity index (χ2v) is 6.28. The molecule has 144 valence electrons. The fourth-order valence-electron chi connectivity index (χ4n) is 3.03. The molecule has 0 aliphatic heterocycles. The number of ether oxygens (including phenoxy) is 1. The summed E-state index contributed by atoms with van der Waals surface area (Å²) in [5.74, 6) is -0.113. The van der Waals surface area contributed by atoms with Gasteiger partial charge >= 0.3 is 0 Å². The maximum atomic E-state index is 12.9. The number of rotatable bonds is 5. The molecular weight excluding hydrogens is 371 g/mol. The van der Waals surface area contributed by atoms with Crippen LogP contribution in [0, 0.1) is 5.82 Å². The van der Waals surface area contributed by atoms with E-state index in [0.717, 1.165) is 16.3 Å². The van der Waals surface area contributed by atoms with Crippen LogP contribution in [0.4, 0.5) is 4.39 Å². The smallest absolute Gasteiger partial charge is 0.289 e. The number of methoxy groups -OCH3 is 1. The lowest BCUT2D eigenvalue weighted by Crippen LogP contribution is -2.18. The van der Waals surface area contributed by atoms with E-state index in [1.165, 1.54) is 18.3 Å². The van der Waals surface area contributed by atoms with Crippen molar-refractivity contribution in [3.8, 4) is 17.0 Å². The standard InChI is InChI=1S/C22H17FN4O2/c1-29-20-11-8-15-4-2-3-5-17(15)21(20)18-12-19(26-25-18)22(28)27-24-13-14-6-9-16(23)10-7-14/h2-13H,1H3,(H,25,26)(H,27,28)/b24-13+. The predicted octanol–water partition coefficient (Wildman–Crippen LogP) is 4.14. The highest BCUT2D eigenvalue weighted by Crippen LogP contribution is 2.36. The SMILES string of the molecule is COc1ccc2ccccc2c1-c1cc(C(=O)N/N=C/c2ccc(F)cc2)[nH]n1. The maximum absolute atomic E-state index is 12.9. The number of halogens is 1. The van der Waals surface area contributed by atoms with Crippen LogP contribution in [-0.2, 0) is 0 Å². The van der Waals surface area contributed by atoms with Crippen LogP contribution < -0.4 is 10.2 Å². The Hall–Kier alpha value is -4.00. The van der Waals surface area contributed by atoms with Gasteiger partial charge in [-0.15, -0.1) is 0 Å². The number of fused-ring (bicyclic) bond motifs is 1. The first-order chi connectivity index (χ1) is 14.2. The fourth-order valence-corrected chi connectivity index (χ4v) is 3.03. The Morgan fingerprint density at radius 2 is 1.93 bits per heavy atom. The molecule has 0 atom stereocenters. The Morgan fingerprint density at radius 1 is 1.14 bits per heavy atom. The zero-order valence-corrected chi connectivity index (χ0v) is 15.5. The van der Waals surface area contributed by atoms with Crippen LogP contribution in [-0.4, -0.2) is 29.4 Å². The number of hydrogen-bond acceptors (Lipinski definition) is 4. The van der Waals surface area contributed by atoms with Gasteiger partial charge in [0.2, 0.25) is 0 Å². The Labute approximate surface area is 166 Å². The molecular formula is C22H17FN4O2. The quantitative estimate of drug-likeness (QED) is 0.398. The van der Waals surface area contributed by atoms with Crippen molar-refractivity contribution in [2.45, 2.75) is 0 Å². The zero-order valence-electron chi connectivity index (χ0n) is 15.5. The molecule has 4 rings (SSSR count). The number of benzene rings is 3. The van der Waals surface area contributed by atoms with Crippen molar-refractivity contribution < 1.29 is 13.9 Å². The van der Waals surface area contributed by atoms with Crippen LogP contribution >= 0.6 is 0 Å². The van der Waals surface area contributed by atoms with Crippen LogP contribution in [0.25, 0.3) is 22.0 Å². The van der Waals surface area contributed by atoms with Gasteiger partial charge in [-0.3, -0.25) is 9.89 Å². The summed E-state index contributed by atoms with van der Waals surface area (Å²) in [4.78, 5) is 12.4. The summed E-state index contributed by atoms with van der Waals surface area (Å²) in [5.41, 5.74) is 4.74. The minimum Gasteiger partial charge on any atom is -0.496 e. The second kappa shape index (κ2) is 7.93. The summed E-state index contributed by atoms with van der Waals surface area (Å²) in [5, 5.41) is 12.9. The first-order valence-electron chi connectivity index (χ1n) is 8.86. The summed E-state index contributed by atoms with van der Waals surface area (Å²) in [6.07, 6.45) is 1.43. The number of amides is 1. The van der Waals surface area contributed by atoms with E-state index in [2.05, 4.69) is 20.7 Å². The fraction of sp³-hybridized carbons (Fsp3) is 0.0455. The monoisotopic (exact) mass is 388 g/mol. The van der Waals surface area contributed by atoms with E-state index in [-0.39, 0.29) is 11.5 Å². The van der Waals surface area contributed by atoms with E-state index in [9.17, 15) is 9.18 Å². The Balaban J connectivity index is 1.58. The van der Waals surface area contributed by atoms with Gasteiger partial charge in [0.25, 0.3) is 5.91 Å². The lowest BCUT2D eigenvalue weighted by Gasteiger charge is -2.09. The van der Waals surface area contributed by atoms with Gasteiger partial charge in [-0.05, 0) is 40.6 Å². The molecule has 0 aliphatic rings. The van der Waals surface area contributed by atoms with Gasteiger partial charge in [-0.25, -0.2) is 9.82 Å². The van der Waals surface area contributed by atoms with Crippen LogP contribution in [0.5, 0.6) is 5.75 Å². The van der Waals surface area contributed by atoms with Gasteiger partial charge in [0.1, 0.15) is 17.3 Å². The minimum atomic E-state index is -0.443. The number of carbonyl (C=O) groups is 1. The number of nitrogens with zero attached hydrogens (tertiary/aromatic N) is 2. The van der Waals surface area contributed by atoms with Gasteiger partial charge in [0, 0.05) is 0 Å². The largest absolute Gasteiger partial charge is 0.496 e. The molecule has 3 aromatic carbocycles. The number of aromatic nitrogens is 2. The number of H-pyrrole nitrogens is 1. The molecule has 4 aromatic rings. The second-order valence-electron chi connectivity index (χ2n) is 6.28. The molecule has 0 saturated carbocycles. The van der Waals surface area contributed by atoms with E-state index in [0.29, 0.717) is 17.0 Å². The van der Waals surface area contributed by atoms with Crippen LogP contribution in [0.3, 0.4) is 0 Å². The van der Waals surface area contributed by atoms with Crippen molar-refractivity contribution in [2.24, 2.45) is 5.10 Å². The van der Waals surface area contributed by atoms with E-state index >= 15 is 0 Å². The van der Waals surface area contributed by atoms with Crippen molar-refractivity contribution in [2.75, 3.05) is 7.11 Å². The third-order valence-electron chi connectivity index (χ3n) is 4.44. The van der Waals surface area contributed by atoms with Crippen molar-refractivity contribution in [1.82, 2.24) is 15.6 Å². The average molecular weight is 388 g/mol. The molecule has 0 aliphatic carbocycles. The highest BCUT2D eigenvalue weighted by Gasteiger charge is 2.16. The number of nitrogens with one attached hydrogen (secondary N) is 2. The lowest BCUT2D eigenvalue weighted by atomic mass is 10.0. The molecule has 0 unspecified atom stereocenters. The number of hydrazone groups is 1. The highest BCUT2D eigenvalue weighted by atomic mass is 19.1. The van der Waals surface area contributed by atoms with Crippen molar-refractivity contribution in [3.05, 3.63) is 83.8 Å². The van der Waals surface area contributed by atoms with Gasteiger partial charge in [0.05, 0.1) is 24.6 Å². The third kappa shape index (κ3) is 3.84. The van der Waals surface area contributed by atoms with Gasteiger partial charge in [-0.2, -0.15) is 10.2 Å². The normalized spacial score (nSPS) is 11.1. The Kier molecular flexibility index (Phi) is 5.03. The molecule has 1 aromatic heterocycles. The zero-order chi connectivity index (χ0) is 20.2. The summed E-state index contributed by atoms with van der Waals surface area (Å²) < 4.78 is 18.4. The Morgan fingerprint density at radius 3 is 2.72 bits per heavy atom. The molecule has 6 nitrogen and oxygen atoms in total. The van der Waals surface area contributed by atoms with E-state index in [4.69, 9.17) is 4.74 Å². The maximum Gasteiger partial charge on any atom is 0.289 e. The minimum absolute atomic E-state index is 0.256. The molecule has 0 radical (unpaired) electrons. The van der Waals surface area contributed by atoms with Gasteiger partial charge in [-0.1, -0.05) is 42.5 Å². The Bertz CT molecular complexity index is 1200. The van der Waals surface area contributed by atoms with Crippen LogP contribution in [0.15, 0.2) is 71.8 Å². The number of aromatic amines is 1. The van der Waals surface area contributed by atoms with Crippen LogP contribution in [0.1, 0.15) is 16.1 Å². The first-order valence-corrected chi connectivity index (χ1v) is 8.86. The highest BCUT2D eigenvalue weighted by molar-refractivity contribution is 6.00. The summed E-state index contributed by atoms with van der Waals surface area (Å²) in [7, 11) is 1.60.